The lowest BCUT2D eigenvalue weighted by Gasteiger charge is -2.12. The molecular formula is C13H16F3NO3. The van der Waals surface area contributed by atoms with E-state index in [1.165, 1.54) is 0 Å². The lowest BCUT2D eigenvalue weighted by atomic mass is 10.1. The van der Waals surface area contributed by atoms with Gasteiger partial charge in [0.2, 0.25) is 5.88 Å². The Morgan fingerprint density at radius 2 is 2.05 bits per heavy atom. The van der Waals surface area contributed by atoms with Gasteiger partial charge in [-0.15, -0.1) is 0 Å². The van der Waals surface area contributed by atoms with Gasteiger partial charge < -0.3 is 9.84 Å². The van der Waals surface area contributed by atoms with Crippen molar-refractivity contribution in [2.75, 3.05) is 6.61 Å². The largest absolute Gasteiger partial charge is 0.477 e. The molecule has 0 saturated heterocycles. The van der Waals surface area contributed by atoms with E-state index in [1.807, 2.05) is 13.8 Å². The number of carboxylic acids is 1. The molecule has 0 fully saturated rings. The fourth-order valence-electron chi connectivity index (χ4n) is 1.53. The molecular weight excluding hydrogens is 275 g/mol. The average Bonchev–Trinajstić information content (AvgIpc) is 2.32. The molecule has 112 valence electrons. The summed E-state index contributed by atoms with van der Waals surface area (Å²) in [6.07, 6.45) is -3.18. The van der Waals surface area contributed by atoms with E-state index in [9.17, 15) is 18.0 Å². The van der Waals surface area contributed by atoms with Gasteiger partial charge in [-0.3, -0.25) is 0 Å². The lowest BCUT2D eigenvalue weighted by Crippen LogP contribution is -2.13. The van der Waals surface area contributed by atoms with Crippen LogP contribution in [0.3, 0.4) is 0 Å². The summed E-state index contributed by atoms with van der Waals surface area (Å²) in [6, 6.07) is 1.49. The molecule has 1 heterocycles. The van der Waals surface area contributed by atoms with Crippen LogP contribution in [-0.2, 0) is 6.18 Å². The topological polar surface area (TPSA) is 59.4 Å². The predicted molar refractivity (Wildman–Crippen MR) is 65.8 cm³/mol. The molecule has 1 N–H and O–H groups in total. The highest BCUT2D eigenvalue weighted by Crippen LogP contribution is 2.30. The molecule has 0 bridgehead atoms. The Hall–Kier alpha value is -1.79. The van der Waals surface area contributed by atoms with Gasteiger partial charge in [-0.2, -0.15) is 13.2 Å². The van der Waals surface area contributed by atoms with Crippen molar-refractivity contribution < 1.29 is 27.8 Å². The first-order valence-electron chi connectivity index (χ1n) is 6.16. The van der Waals surface area contributed by atoms with Crippen LogP contribution in [0.25, 0.3) is 0 Å². The van der Waals surface area contributed by atoms with Gasteiger partial charge in [0.05, 0.1) is 6.61 Å². The Balaban J connectivity index is 2.87. The van der Waals surface area contributed by atoms with Crippen LogP contribution < -0.4 is 4.74 Å². The molecule has 0 unspecified atom stereocenters. The molecule has 0 radical (unpaired) electrons. The van der Waals surface area contributed by atoms with Crippen LogP contribution in [0, 0.1) is 5.92 Å². The van der Waals surface area contributed by atoms with Crippen molar-refractivity contribution in [1.29, 1.82) is 0 Å². The number of rotatable bonds is 6. The summed E-state index contributed by atoms with van der Waals surface area (Å²) in [4.78, 5) is 14.2. The van der Waals surface area contributed by atoms with Crippen molar-refractivity contribution in [2.45, 2.75) is 32.9 Å². The summed E-state index contributed by atoms with van der Waals surface area (Å²) in [5, 5.41) is 8.90. The van der Waals surface area contributed by atoms with Crippen molar-refractivity contribution in [3.05, 3.63) is 23.4 Å². The molecule has 1 aromatic heterocycles. The van der Waals surface area contributed by atoms with Gasteiger partial charge in [-0.05, 0) is 30.9 Å². The third-order valence-electron chi connectivity index (χ3n) is 2.55. The van der Waals surface area contributed by atoms with Crippen molar-refractivity contribution >= 4 is 5.97 Å². The summed E-state index contributed by atoms with van der Waals surface area (Å²) < 4.78 is 42.7. The van der Waals surface area contributed by atoms with Crippen molar-refractivity contribution in [2.24, 2.45) is 5.92 Å². The number of halogens is 3. The second-order valence-electron chi connectivity index (χ2n) is 4.74. The first-order chi connectivity index (χ1) is 9.21. The van der Waals surface area contributed by atoms with E-state index in [0.717, 1.165) is 12.5 Å². The number of ether oxygens (including phenoxy) is 1. The standard InChI is InChI=1S/C13H16F3NO3/c1-8(2)4-3-7-20-11-9(12(18)19)5-6-10(17-11)13(14,15)16/h5-6,8H,3-4,7H2,1-2H3,(H,18,19). The third-order valence-corrected chi connectivity index (χ3v) is 2.55. The van der Waals surface area contributed by atoms with Crippen LogP contribution >= 0.6 is 0 Å². The molecule has 0 aromatic carbocycles. The average molecular weight is 291 g/mol. The van der Waals surface area contributed by atoms with Crippen molar-refractivity contribution in [1.82, 2.24) is 4.98 Å². The first-order valence-corrected chi connectivity index (χ1v) is 6.16. The number of carbonyl (C=O) groups is 1. The molecule has 0 spiro atoms. The van der Waals surface area contributed by atoms with Crippen LogP contribution in [0.15, 0.2) is 12.1 Å². The minimum Gasteiger partial charge on any atom is -0.477 e. The van der Waals surface area contributed by atoms with E-state index in [4.69, 9.17) is 9.84 Å². The molecule has 0 aliphatic rings. The molecule has 0 aliphatic heterocycles. The number of hydrogen-bond acceptors (Lipinski definition) is 3. The zero-order chi connectivity index (χ0) is 15.3. The smallest absolute Gasteiger partial charge is 0.433 e. The van der Waals surface area contributed by atoms with E-state index in [-0.39, 0.29) is 12.2 Å². The number of aromatic nitrogens is 1. The Bertz CT molecular complexity index is 472. The summed E-state index contributed by atoms with van der Waals surface area (Å²) in [7, 11) is 0. The van der Waals surface area contributed by atoms with Gasteiger partial charge in [0, 0.05) is 0 Å². The van der Waals surface area contributed by atoms with E-state index in [1.54, 1.807) is 0 Å². The van der Waals surface area contributed by atoms with Gasteiger partial charge in [0.15, 0.2) is 0 Å². The Morgan fingerprint density at radius 3 is 2.55 bits per heavy atom. The second-order valence-corrected chi connectivity index (χ2v) is 4.74. The van der Waals surface area contributed by atoms with Crippen LogP contribution in [0.1, 0.15) is 42.7 Å². The number of hydrogen-bond donors (Lipinski definition) is 1. The zero-order valence-corrected chi connectivity index (χ0v) is 11.2. The maximum Gasteiger partial charge on any atom is 0.433 e. The minimum absolute atomic E-state index is 0.132. The normalized spacial score (nSPS) is 11.7. The number of alkyl halides is 3. The summed E-state index contributed by atoms with van der Waals surface area (Å²) in [5.74, 6) is -1.42. The third kappa shape index (κ3) is 4.71. The second kappa shape index (κ2) is 6.58. The molecule has 4 nitrogen and oxygen atoms in total. The molecule has 20 heavy (non-hydrogen) atoms. The molecule has 1 aromatic rings. The Morgan fingerprint density at radius 1 is 1.40 bits per heavy atom. The molecule has 0 amide bonds. The number of nitrogens with zero attached hydrogens (tertiary/aromatic N) is 1. The van der Waals surface area contributed by atoms with E-state index >= 15 is 0 Å². The summed E-state index contributed by atoms with van der Waals surface area (Å²) in [5.41, 5.74) is -1.54. The molecule has 0 atom stereocenters. The monoisotopic (exact) mass is 291 g/mol. The zero-order valence-electron chi connectivity index (χ0n) is 11.2. The maximum atomic E-state index is 12.5. The maximum absolute atomic E-state index is 12.5. The van der Waals surface area contributed by atoms with E-state index in [0.29, 0.717) is 18.4 Å². The molecule has 1 rings (SSSR count). The predicted octanol–water partition coefficient (Wildman–Crippen LogP) is 3.61. The number of carboxylic acid groups (broad SMARTS) is 1. The highest BCUT2D eigenvalue weighted by atomic mass is 19.4. The van der Waals surface area contributed by atoms with Crippen LogP contribution in [0.2, 0.25) is 0 Å². The first kappa shape index (κ1) is 16.3. The van der Waals surface area contributed by atoms with Crippen LogP contribution in [0.4, 0.5) is 13.2 Å². The Labute approximate surface area is 114 Å². The highest BCUT2D eigenvalue weighted by molar-refractivity contribution is 5.90. The Kier molecular flexibility index (Phi) is 5.35. The number of aromatic carboxylic acids is 1. The fourth-order valence-corrected chi connectivity index (χ4v) is 1.53. The van der Waals surface area contributed by atoms with Crippen molar-refractivity contribution in [3.8, 4) is 5.88 Å². The molecule has 0 aliphatic carbocycles. The highest BCUT2D eigenvalue weighted by Gasteiger charge is 2.33. The van der Waals surface area contributed by atoms with Gasteiger partial charge in [0.1, 0.15) is 11.3 Å². The van der Waals surface area contributed by atoms with E-state index in [2.05, 4.69) is 4.98 Å². The quantitative estimate of drug-likeness (QED) is 0.813. The fraction of sp³-hybridized carbons (Fsp3) is 0.538. The lowest BCUT2D eigenvalue weighted by molar-refractivity contribution is -0.141. The summed E-state index contributed by atoms with van der Waals surface area (Å²) >= 11 is 0. The van der Waals surface area contributed by atoms with Crippen LogP contribution in [0.5, 0.6) is 5.88 Å². The van der Waals surface area contributed by atoms with Crippen LogP contribution in [-0.4, -0.2) is 22.7 Å². The SMILES string of the molecule is CC(C)CCCOc1nc(C(F)(F)F)ccc1C(=O)O. The van der Waals surface area contributed by atoms with Gasteiger partial charge >= 0.3 is 12.1 Å². The molecule has 7 heteroatoms. The van der Waals surface area contributed by atoms with Gasteiger partial charge in [-0.1, -0.05) is 13.8 Å². The summed E-state index contributed by atoms with van der Waals surface area (Å²) in [6.45, 7) is 4.14. The van der Waals surface area contributed by atoms with Crippen molar-refractivity contribution in [3.63, 3.8) is 0 Å². The van der Waals surface area contributed by atoms with E-state index < -0.39 is 23.7 Å². The van der Waals surface area contributed by atoms with Gasteiger partial charge in [-0.25, -0.2) is 9.78 Å². The molecule has 0 saturated carbocycles. The van der Waals surface area contributed by atoms with Gasteiger partial charge in [0.25, 0.3) is 0 Å². The minimum atomic E-state index is -4.63. The number of pyridine rings is 1.